The van der Waals surface area contributed by atoms with Gasteiger partial charge in [-0.2, -0.15) is 0 Å². The van der Waals surface area contributed by atoms with E-state index >= 15 is 0 Å². The molecular weight excluding hydrogens is 615 g/mol. The normalized spacial score (nSPS) is 12.8. The molecule has 262 valence electrons. The first-order chi connectivity index (χ1) is 22.9. The molecule has 47 heavy (non-hydrogen) atoms. The number of rotatable bonds is 27. The summed E-state index contributed by atoms with van der Waals surface area (Å²) in [5.41, 5.74) is -0.522. The van der Waals surface area contributed by atoms with Crippen LogP contribution in [0.1, 0.15) is 109 Å². The second-order valence-electron chi connectivity index (χ2n) is 12.4. The van der Waals surface area contributed by atoms with Crippen molar-refractivity contribution < 1.29 is 23.1 Å². The third kappa shape index (κ3) is 15.4. The molecule has 10 heteroatoms. The first-order valence-electron chi connectivity index (χ1n) is 17.8. The van der Waals surface area contributed by atoms with Gasteiger partial charge in [-0.25, -0.2) is 9.36 Å². The van der Waals surface area contributed by atoms with Crippen LogP contribution in [0.5, 0.6) is 5.75 Å². The molecule has 0 radical (unpaired) electrons. The number of aromatic nitrogens is 2. The first kappa shape index (κ1) is 38.7. The van der Waals surface area contributed by atoms with Crippen molar-refractivity contribution in [2.75, 3.05) is 32.8 Å². The third-order valence-corrected chi connectivity index (χ3v) is 9.81. The molecule has 0 aliphatic rings. The summed E-state index contributed by atoms with van der Waals surface area (Å²) < 4.78 is 38.6. The summed E-state index contributed by atoms with van der Waals surface area (Å²) in [6.45, 7) is 5.59. The van der Waals surface area contributed by atoms with Crippen LogP contribution in [0, 0.1) is 6.92 Å². The van der Waals surface area contributed by atoms with Crippen LogP contribution >= 0.6 is 7.60 Å². The Kier molecular flexibility index (Phi) is 18.8. The molecule has 3 aromatic rings. The Morgan fingerprint density at radius 3 is 2.02 bits per heavy atom. The van der Waals surface area contributed by atoms with E-state index in [2.05, 4.69) is 11.9 Å². The smallest absolute Gasteiger partial charge is 0.404 e. The molecule has 1 N–H and O–H groups in total. The Bertz CT molecular complexity index is 1450. The predicted octanol–water partition coefficient (Wildman–Crippen LogP) is 9.15. The van der Waals surface area contributed by atoms with Crippen molar-refractivity contribution >= 4 is 18.4 Å². The summed E-state index contributed by atoms with van der Waals surface area (Å²) in [6, 6.07) is 13.3. The van der Waals surface area contributed by atoms with Crippen LogP contribution in [0.2, 0.25) is 0 Å². The molecule has 1 unspecified atom stereocenters. The fraction of sp³-hybridized carbons (Fsp3) is 0.622. The Morgan fingerprint density at radius 1 is 0.702 bits per heavy atom. The van der Waals surface area contributed by atoms with Gasteiger partial charge in [0, 0.05) is 30.4 Å². The van der Waals surface area contributed by atoms with Gasteiger partial charge >= 0.3 is 13.3 Å². The van der Waals surface area contributed by atoms with Crippen molar-refractivity contribution in [2.24, 2.45) is 0 Å². The molecule has 1 aromatic heterocycles. The fourth-order valence-corrected chi connectivity index (χ4v) is 6.90. The molecule has 0 spiro atoms. The largest absolute Gasteiger partial charge is 0.422 e. The van der Waals surface area contributed by atoms with Gasteiger partial charge < -0.3 is 14.0 Å². The van der Waals surface area contributed by atoms with Crippen molar-refractivity contribution in [1.29, 1.82) is 0 Å². The molecule has 1 atom stereocenters. The highest BCUT2D eigenvalue weighted by Crippen LogP contribution is 2.49. The van der Waals surface area contributed by atoms with Crippen molar-refractivity contribution in [3.05, 3.63) is 75.1 Å². The lowest BCUT2D eigenvalue weighted by molar-refractivity contribution is 0.107. The molecule has 0 saturated carbocycles. The minimum atomic E-state index is -3.71. The van der Waals surface area contributed by atoms with E-state index in [-0.39, 0.29) is 26.1 Å². The Hall–Kier alpha value is -2.71. The maximum atomic E-state index is 13.9. The van der Waals surface area contributed by atoms with Crippen LogP contribution < -0.4 is 15.8 Å². The van der Waals surface area contributed by atoms with Gasteiger partial charge in [0.25, 0.3) is 5.56 Å². The van der Waals surface area contributed by atoms with Gasteiger partial charge in [-0.15, -0.1) is 0 Å². The van der Waals surface area contributed by atoms with E-state index in [1.165, 1.54) is 94.2 Å². The predicted molar refractivity (Wildman–Crippen MR) is 191 cm³/mol. The fourth-order valence-electron chi connectivity index (χ4n) is 5.50. The highest BCUT2D eigenvalue weighted by atomic mass is 31.2. The van der Waals surface area contributed by atoms with E-state index in [4.69, 9.17) is 18.5 Å². The molecule has 0 aliphatic heterocycles. The van der Waals surface area contributed by atoms with E-state index in [0.717, 1.165) is 23.8 Å². The maximum absolute atomic E-state index is 13.9. The molecule has 0 saturated heterocycles. The average Bonchev–Trinajstić information content (AvgIpc) is 3.06. The second-order valence-corrected chi connectivity index (χ2v) is 14.3. The van der Waals surface area contributed by atoms with Crippen LogP contribution in [0.4, 0.5) is 0 Å². The number of ether oxygens (including phenoxy) is 2. The lowest BCUT2D eigenvalue weighted by atomic mass is 10.0. The van der Waals surface area contributed by atoms with Gasteiger partial charge in [-0.05, 0) is 31.2 Å². The zero-order valence-corrected chi connectivity index (χ0v) is 29.6. The number of H-pyrrole nitrogens is 1. The summed E-state index contributed by atoms with van der Waals surface area (Å²) >= 11 is 0. The van der Waals surface area contributed by atoms with E-state index in [0.29, 0.717) is 24.3 Å². The van der Waals surface area contributed by atoms with Gasteiger partial charge in [0.2, 0.25) is 0 Å². The van der Waals surface area contributed by atoms with Gasteiger partial charge in [0.1, 0.15) is 5.75 Å². The van der Waals surface area contributed by atoms with Gasteiger partial charge in [0.15, 0.2) is 6.35 Å². The Balaban J connectivity index is 1.33. The highest BCUT2D eigenvalue weighted by Gasteiger charge is 2.28. The molecular formula is C37H57N2O7P. The van der Waals surface area contributed by atoms with Crippen LogP contribution in [0.3, 0.4) is 0 Å². The molecule has 2 aromatic carbocycles. The first-order valence-corrected chi connectivity index (χ1v) is 19.5. The number of hydrogen-bond donors (Lipinski definition) is 1. The molecule has 0 aliphatic carbocycles. The molecule has 3 rings (SSSR count). The van der Waals surface area contributed by atoms with Crippen LogP contribution in [-0.4, -0.2) is 42.3 Å². The molecule has 0 fully saturated rings. The molecule has 9 nitrogen and oxygen atoms in total. The number of nitrogens with one attached hydrogen (secondary N) is 1. The van der Waals surface area contributed by atoms with Crippen molar-refractivity contribution in [3.63, 3.8) is 0 Å². The lowest BCUT2D eigenvalue weighted by Crippen LogP contribution is -2.31. The monoisotopic (exact) mass is 672 g/mol. The lowest BCUT2D eigenvalue weighted by Gasteiger charge is -2.20. The van der Waals surface area contributed by atoms with Crippen LogP contribution in [0.25, 0.3) is 10.8 Å². The topological polar surface area (TPSA) is 109 Å². The third-order valence-electron chi connectivity index (χ3n) is 8.27. The highest BCUT2D eigenvalue weighted by molar-refractivity contribution is 7.54. The Morgan fingerprint density at radius 2 is 1.32 bits per heavy atom. The van der Waals surface area contributed by atoms with E-state index in [1.807, 2.05) is 36.4 Å². The van der Waals surface area contributed by atoms with Gasteiger partial charge in [-0.1, -0.05) is 127 Å². The van der Waals surface area contributed by atoms with E-state index in [1.54, 1.807) is 13.0 Å². The van der Waals surface area contributed by atoms with Crippen LogP contribution in [-0.2, 0) is 25.1 Å². The number of hydrogen-bond acceptors (Lipinski definition) is 7. The summed E-state index contributed by atoms with van der Waals surface area (Å²) in [5.74, 6) is 0.455. The summed E-state index contributed by atoms with van der Waals surface area (Å²) in [6.07, 6.45) is 20.4. The van der Waals surface area contributed by atoms with Crippen molar-refractivity contribution in [2.45, 2.75) is 117 Å². The number of aryl methyl sites for hydroxylation is 1. The Labute approximate surface area is 280 Å². The minimum absolute atomic E-state index is 0.0833. The molecule has 0 bridgehead atoms. The average molecular weight is 673 g/mol. The van der Waals surface area contributed by atoms with Crippen molar-refractivity contribution in [3.8, 4) is 5.75 Å². The summed E-state index contributed by atoms with van der Waals surface area (Å²) in [4.78, 5) is 26.0. The van der Waals surface area contributed by atoms with E-state index < -0.39 is 18.8 Å². The van der Waals surface area contributed by atoms with Crippen LogP contribution in [0.15, 0.2) is 58.3 Å². The molecule has 1 heterocycles. The van der Waals surface area contributed by atoms with Gasteiger partial charge in [0.05, 0.1) is 19.8 Å². The number of benzene rings is 2. The van der Waals surface area contributed by atoms with Crippen molar-refractivity contribution in [1.82, 2.24) is 9.55 Å². The van der Waals surface area contributed by atoms with E-state index in [9.17, 15) is 14.2 Å². The zero-order chi connectivity index (χ0) is 33.6. The second kappa shape index (κ2) is 22.8. The number of nitrogens with zero attached hydrogens (tertiary/aromatic N) is 1. The van der Waals surface area contributed by atoms with Gasteiger partial charge in [-0.3, -0.25) is 18.9 Å². The standard InChI is InChI=1S/C37H57N2O7P/c1-3-4-5-6-7-8-9-10-11-12-13-14-15-18-26-43-27-20-28-45-47(42,46-35-24-19-22-33-21-16-17-23-34(33)35)31-44-29-25-39-30-32(2)36(40)38-37(39)41/h16-17,19,21-24,30H,3-15,18,20,25-29,31H2,1-2H3,(H,38,40,41). The molecule has 0 amide bonds. The summed E-state index contributed by atoms with van der Waals surface area (Å²) in [7, 11) is -3.71. The number of aromatic amines is 1. The summed E-state index contributed by atoms with van der Waals surface area (Å²) in [5, 5.41) is 1.78. The maximum Gasteiger partial charge on any atom is 0.404 e. The number of unbranched alkanes of at least 4 members (excludes halogenated alkanes) is 13. The SMILES string of the molecule is CCCCCCCCCCCCCCCCOCCCOP(=O)(COCCn1cc(C)c(=O)[nH]c1=O)Oc1cccc2ccccc12. The minimum Gasteiger partial charge on any atom is -0.422 e. The quantitative estimate of drug-likeness (QED) is 0.0635. The number of fused-ring (bicyclic) bond motifs is 1. The zero-order valence-electron chi connectivity index (χ0n) is 28.7.